The molecule has 0 unspecified atom stereocenters. The minimum absolute atomic E-state index is 0.00555. The number of likely N-dealkylation sites (tertiary alicyclic amines) is 1. The molecule has 4 aliphatic rings. The summed E-state index contributed by atoms with van der Waals surface area (Å²) in [4.78, 5) is 53.0. The maximum absolute atomic E-state index is 12.9. The minimum Gasteiger partial charge on any atom is -0.477 e. The van der Waals surface area contributed by atoms with Crippen LogP contribution in [0.3, 0.4) is 0 Å². The fraction of sp³-hybridized carbons (Fsp3) is 0.682. The number of carboxylic acid groups (broad SMARTS) is 1. The van der Waals surface area contributed by atoms with E-state index in [1.807, 2.05) is 6.92 Å². The number of fused-ring (bicyclic) bond motifs is 1. The van der Waals surface area contributed by atoms with Crippen LogP contribution in [0.5, 0.6) is 0 Å². The molecule has 14 heteroatoms. The van der Waals surface area contributed by atoms with E-state index in [4.69, 9.17) is 11.1 Å². The third-order valence-corrected chi connectivity index (χ3v) is 8.73. The van der Waals surface area contributed by atoms with Gasteiger partial charge in [0, 0.05) is 48.7 Å². The Hall–Kier alpha value is -2.84. The first-order chi connectivity index (χ1) is 17.0. The van der Waals surface area contributed by atoms with Crippen molar-refractivity contribution in [2.45, 2.75) is 56.2 Å². The van der Waals surface area contributed by atoms with Crippen molar-refractivity contribution in [1.82, 2.24) is 25.8 Å². The Morgan fingerprint density at radius 2 is 2.03 bits per heavy atom. The predicted octanol–water partition coefficient (Wildman–Crippen LogP) is -2.20. The molecular weight excluding hydrogens is 490 g/mol. The normalized spacial score (nSPS) is 30.4. The third kappa shape index (κ3) is 4.89. The SMILES string of the molecule is C[C@@H](O)[C@H]1C(=O)N2C(C(=O)O)=C(S[C@@H]3CN[C@H](C(=O)N4CC(NC(=O)CCNC(=N)N)C4)C3)[C@H](C)[C@H]12. The van der Waals surface area contributed by atoms with Crippen molar-refractivity contribution in [3.05, 3.63) is 10.6 Å². The van der Waals surface area contributed by atoms with Crippen LogP contribution in [0.4, 0.5) is 0 Å². The summed E-state index contributed by atoms with van der Waals surface area (Å²) >= 11 is 1.40. The van der Waals surface area contributed by atoms with E-state index in [-0.39, 0.29) is 65.6 Å². The zero-order valence-electron chi connectivity index (χ0n) is 20.2. The average molecular weight is 524 g/mol. The molecule has 0 saturated carbocycles. The molecule has 4 rings (SSSR count). The van der Waals surface area contributed by atoms with Crippen molar-refractivity contribution < 1.29 is 29.4 Å². The van der Waals surface area contributed by atoms with E-state index in [1.54, 1.807) is 11.8 Å². The van der Waals surface area contributed by atoms with Gasteiger partial charge in [-0.05, 0) is 13.3 Å². The van der Waals surface area contributed by atoms with Crippen LogP contribution in [-0.4, -0.2) is 105 Å². The number of nitrogens with zero attached hydrogens (tertiary/aromatic N) is 2. The fourth-order valence-electron chi connectivity index (χ4n) is 5.42. The number of rotatable bonds is 9. The van der Waals surface area contributed by atoms with Gasteiger partial charge in [-0.25, -0.2) is 4.79 Å². The van der Waals surface area contributed by atoms with E-state index in [0.29, 0.717) is 31.0 Å². The molecule has 8 N–H and O–H groups in total. The van der Waals surface area contributed by atoms with Crippen LogP contribution in [-0.2, 0) is 19.2 Å². The highest BCUT2D eigenvalue weighted by atomic mass is 32.2. The van der Waals surface area contributed by atoms with E-state index in [9.17, 15) is 29.4 Å². The second-order valence-electron chi connectivity index (χ2n) is 9.81. The van der Waals surface area contributed by atoms with E-state index in [1.165, 1.54) is 16.7 Å². The molecule has 198 valence electrons. The Balaban J connectivity index is 1.27. The van der Waals surface area contributed by atoms with Crippen LogP contribution >= 0.6 is 11.8 Å². The van der Waals surface area contributed by atoms with Crippen molar-refractivity contribution in [3.63, 3.8) is 0 Å². The van der Waals surface area contributed by atoms with E-state index >= 15 is 0 Å². The standard InChI is InChI=1S/C22H33N7O6S/c1-9-16-15(10(2)30)20(33)29(16)17(21(34)35)18(9)36-12-5-13(26-6-12)19(32)28-7-11(8-28)27-14(31)3-4-25-22(23)24/h9-13,15-16,26,30H,3-8H2,1-2H3,(H,27,31)(H,34,35)(H4,23,24,25)/t9-,10-,12+,13+,15-,16-/m1/s1. The summed E-state index contributed by atoms with van der Waals surface area (Å²) in [7, 11) is 0. The number of carbonyl (C=O) groups excluding carboxylic acids is 3. The van der Waals surface area contributed by atoms with Crippen LogP contribution in [0.1, 0.15) is 26.7 Å². The van der Waals surface area contributed by atoms with Crippen molar-refractivity contribution in [2.75, 3.05) is 26.2 Å². The Bertz CT molecular complexity index is 997. The van der Waals surface area contributed by atoms with Gasteiger partial charge in [0.1, 0.15) is 5.70 Å². The first-order valence-electron chi connectivity index (χ1n) is 12.0. The van der Waals surface area contributed by atoms with Gasteiger partial charge >= 0.3 is 5.97 Å². The summed E-state index contributed by atoms with van der Waals surface area (Å²) in [6, 6.07) is -0.866. The topological polar surface area (TPSA) is 201 Å². The molecule has 0 spiro atoms. The first kappa shape index (κ1) is 26.2. The van der Waals surface area contributed by atoms with Crippen LogP contribution in [0.25, 0.3) is 0 Å². The van der Waals surface area contributed by atoms with Crippen molar-refractivity contribution in [2.24, 2.45) is 17.6 Å². The molecule has 36 heavy (non-hydrogen) atoms. The Kier molecular flexibility index (Phi) is 7.48. The van der Waals surface area contributed by atoms with Gasteiger partial charge in [-0.1, -0.05) is 6.92 Å². The van der Waals surface area contributed by atoms with Gasteiger partial charge in [0.15, 0.2) is 5.96 Å². The van der Waals surface area contributed by atoms with Crippen molar-refractivity contribution in [3.8, 4) is 0 Å². The molecule has 0 bridgehead atoms. The lowest BCUT2D eigenvalue weighted by molar-refractivity contribution is -0.163. The maximum atomic E-state index is 12.9. The van der Waals surface area contributed by atoms with Gasteiger partial charge < -0.3 is 41.7 Å². The number of carboxylic acids is 1. The second kappa shape index (κ2) is 10.3. The summed E-state index contributed by atoms with van der Waals surface area (Å²) in [5.41, 5.74) is 5.18. The average Bonchev–Trinajstić information content (AvgIpc) is 3.31. The number of aliphatic hydroxyl groups is 1. The zero-order valence-corrected chi connectivity index (χ0v) is 21.0. The second-order valence-corrected chi connectivity index (χ2v) is 11.1. The summed E-state index contributed by atoms with van der Waals surface area (Å²) < 4.78 is 0. The van der Waals surface area contributed by atoms with Gasteiger partial charge in [-0.3, -0.25) is 19.8 Å². The van der Waals surface area contributed by atoms with Crippen LogP contribution < -0.4 is 21.7 Å². The van der Waals surface area contributed by atoms with Gasteiger partial charge in [0.25, 0.3) is 0 Å². The molecule has 3 fully saturated rings. The molecule has 0 aromatic rings. The number of aliphatic carboxylic acids is 1. The number of carbonyl (C=O) groups is 4. The van der Waals surface area contributed by atoms with Gasteiger partial charge in [0.05, 0.1) is 30.1 Å². The number of β-lactam (4-membered cyclic amide) rings is 1. The quantitative estimate of drug-likeness (QED) is 0.0988. The number of aliphatic hydroxyl groups excluding tert-OH is 1. The molecule has 3 amide bonds. The van der Waals surface area contributed by atoms with Crippen molar-refractivity contribution >= 4 is 41.4 Å². The number of guanidine groups is 1. The third-order valence-electron chi connectivity index (χ3n) is 7.22. The van der Waals surface area contributed by atoms with Crippen molar-refractivity contribution in [1.29, 1.82) is 5.41 Å². The smallest absolute Gasteiger partial charge is 0.353 e. The lowest BCUT2D eigenvalue weighted by Crippen LogP contribution is -2.63. The molecular formula is C22H33N7O6S. The maximum Gasteiger partial charge on any atom is 0.353 e. The van der Waals surface area contributed by atoms with Gasteiger partial charge in [-0.15, -0.1) is 11.8 Å². The Labute approximate surface area is 212 Å². The van der Waals surface area contributed by atoms with Gasteiger partial charge in [0.2, 0.25) is 17.7 Å². The molecule has 6 atom stereocenters. The molecule has 0 radical (unpaired) electrons. The number of hydrogen-bond acceptors (Lipinski definition) is 8. The summed E-state index contributed by atoms with van der Waals surface area (Å²) in [5, 5.41) is 35.5. The van der Waals surface area contributed by atoms with E-state index in [0.717, 1.165) is 0 Å². The highest BCUT2D eigenvalue weighted by Crippen LogP contribution is 2.51. The highest BCUT2D eigenvalue weighted by Gasteiger charge is 2.60. The first-order valence-corrected chi connectivity index (χ1v) is 12.9. The largest absolute Gasteiger partial charge is 0.477 e. The Morgan fingerprint density at radius 3 is 2.64 bits per heavy atom. The number of amides is 3. The summed E-state index contributed by atoms with van der Waals surface area (Å²) in [6.07, 6.45) is -0.144. The molecule has 4 heterocycles. The minimum atomic E-state index is -1.16. The number of thioether (sulfide) groups is 1. The van der Waals surface area contributed by atoms with Crippen LogP contribution in [0.15, 0.2) is 10.6 Å². The molecule has 0 aliphatic carbocycles. The lowest BCUT2D eigenvalue weighted by atomic mass is 9.79. The number of nitrogens with one attached hydrogen (secondary N) is 4. The zero-order chi connectivity index (χ0) is 26.3. The van der Waals surface area contributed by atoms with Gasteiger partial charge in [-0.2, -0.15) is 0 Å². The Morgan fingerprint density at radius 1 is 1.33 bits per heavy atom. The number of nitrogens with two attached hydrogens (primary N) is 1. The molecule has 3 saturated heterocycles. The molecule has 4 aliphatic heterocycles. The number of hydrogen-bond donors (Lipinski definition) is 7. The summed E-state index contributed by atoms with van der Waals surface area (Å²) in [6.45, 7) is 5.07. The lowest BCUT2D eigenvalue weighted by Gasteiger charge is -2.46. The van der Waals surface area contributed by atoms with Crippen LogP contribution in [0.2, 0.25) is 0 Å². The molecule has 0 aromatic carbocycles. The monoisotopic (exact) mass is 523 g/mol. The fourth-order valence-corrected chi connectivity index (χ4v) is 6.90. The summed E-state index contributed by atoms with van der Waals surface area (Å²) in [5.74, 6) is -2.75. The van der Waals surface area contributed by atoms with E-state index < -0.39 is 24.0 Å². The predicted molar refractivity (Wildman–Crippen MR) is 130 cm³/mol. The highest BCUT2D eigenvalue weighted by molar-refractivity contribution is 8.03. The van der Waals surface area contributed by atoms with Crippen LogP contribution in [0, 0.1) is 17.2 Å². The molecule has 0 aromatic heterocycles. The molecule has 13 nitrogen and oxygen atoms in total. The van der Waals surface area contributed by atoms with E-state index in [2.05, 4.69) is 16.0 Å².